The number of benzene rings is 1. The number of hydrogen-bond donors (Lipinski definition) is 3. The van der Waals surface area contributed by atoms with Crippen molar-refractivity contribution in [2.45, 2.75) is 37.8 Å². The fraction of sp³-hybridized carbons (Fsp3) is 0.476. The highest BCUT2D eigenvalue weighted by atomic mass is 16.5. The van der Waals surface area contributed by atoms with Gasteiger partial charge in [0, 0.05) is 25.2 Å². The summed E-state index contributed by atoms with van der Waals surface area (Å²) in [5.41, 5.74) is 0.929. The van der Waals surface area contributed by atoms with Gasteiger partial charge in [0.1, 0.15) is 6.04 Å². The van der Waals surface area contributed by atoms with Crippen LogP contribution in [-0.2, 0) is 14.3 Å². The summed E-state index contributed by atoms with van der Waals surface area (Å²) in [7, 11) is 0. The van der Waals surface area contributed by atoms with Crippen LogP contribution in [0.3, 0.4) is 0 Å². The van der Waals surface area contributed by atoms with Gasteiger partial charge in [-0.05, 0) is 31.4 Å². The van der Waals surface area contributed by atoms with Crippen molar-refractivity contribution in [3.05, 3.63) is 29.3 Å². The summed E-state index contributed by atoms with van der Waals surface area (Å²) in [6, 6.07) is 3.90. The molecule has 3 aliphatic heterocycles. The molecule has 3 N–H and O–H groups in total. The van der Waals surface area contributed by atoms with Gasteiger partial charge in [0.25, 0.3) is 11.8 Å². The first-order valence-corrected chi connectivity index (χ1v) is 10.5. The number of anilines is 1. The van der Waals surface area contributed by atoms with E-state index in [4.69, 9.17) is 9.84 Å². The number of nitrogens with one attached hydrogen (secondary N) is 2. The smallest absolute Gasteiger partial charge is 0.407 e. The molecule has 0 saturated carbocycles. The number of carbonyl (C=O) groups excluding carboxylic acids is 4. The van der Waals surface area contributed by atoms with Gasteiger partial charge in [0.15, 0.2) is 0 Å². The third kappa shape index (κ3) is 4.15. The van der Waals surface area contributed by atoms with E-state index in [2.05, 4.69) is 10.6 Å². The van der Waals surface area contributed by atoms with E-state index in [9.17, 15) is 24.0 Å². The summed E-state index contributed by atoms with van der Waals surface area (Å²) < 4.78 is 5.61. The number of nitrogens with zero attached hydrogens (tertiary/aromatic N) is 2. The Bertz CT molecular complexity index is 979. The van der Waals surface area contributed by atoms with Crippen molar-refractivity contribution < 1.29 is 33.8 Å². The van der Waals surface area contributed by atoms with Crippen LogP contribution in [0.2, 0.25) is 0 Å². The standard InChI is InChI=1S/C21H24N4O7/c26-16-7-6-15(18(27)23-16)25-19(28)13-4-1-5-14(17(13)20(25)29)22-8-2-3-12-11-24(21(30)31)9-10-32-12/h1,4-5,12,15,22H,2-3,6-11H2,(H,30,31)(H,23,26,27)/t12-,15?/m1/s1. The van der Waals surface area contributed by atoms with E-state index >= 15 is 0 Å². The number of carboxylic acid groups (broad SMARTS) is 1. The molecule has 1 unspecified atom stereocenters. The zero-order valence-corrected chi connectivity index (χ0v) is 17.3. The predicted molar refractivity (Wildman–Crippen MR) is 110 cm³/mol. The second-order valence-electron chi connectivity index (χ2n) is 7.97. The van der Waals surface area contributed by atoms with Gasteiger partial charge in [0.2, 0.25) is 11.8 Å². The molecule has 32 heavy (non-hydrogen) atoms. The number of rotatable bonds is 6. The highest BCUT2D eigenvalue weighted by Crippen LogP contribution is 2.32. The largest absolute Gasteiger partial charge is 0.465 e. The van der Waals surface area contributed by atoms with E-state index < -0.39 is 35.8 Å². The summed E-state index contributed by atoms with van der Waals surface area (Å²) in [6.45, 7) is 1.54. The van der Waals surface area contributed by atoms with Gasteiger partial charge in [-0.1, -0.05) is 6.07 Å². The molecule has 0 aliphatic carbocycles. The number of morpholine rings is 1. The summed E-state index contributed by atoms with van der Waals surface area (Å²) in [4.78, 5) is 62.9. The van der Waals surface area contributed by atoms with E-state index in [1.807, 2.05) is 0 Å². The molecule has 3 heterocycles. The Morgan fingerprint density at radius 2 is 2.03 bits per heavy atom. The minimum Gasteiger partial charge on any atom is -0.465 e. The van der Waals surface area contributed by atoms with Gasteiger partial charge in [-0.25, -0.2) is 4.79 Å². The number of hydrogen-bond acceptors (Lipinski definition) is 7. The molecule has 0 radical (unpaired) electrons. The van der Waals surface area contributed by atoms with Crippen LogP contribution < -0.4 is 10.6 Å². The van der Waals surface area contributed by atoms with Crippen molar-refractivity contribution in [3.63, 3.8) is 0 Å². The van der Waals surface area contributed by atoms with Gasteiger partial charge in [-0.3, -0.25) is 29.4 Å². The molecule has 2 saturated heterocycles. The molecule has 1 aromatic rings. The lowest BCUT2D eigenvalue weighted by Gasteiger charge is -2.31. The first-order chi connectivity index (χ1) is 15.4. The van der Waals surface area contributed by atoms with E-state index in [1.165, 1.54) is 4.90 Å². The van der Waals surface area contributed by atoms with Gasteiger partial charge < -0.3 is 20.1 Å². The Kier molecular flexibility index (Phi) is 6.08. The number of carbonyl (C=O) groups is 5. The molecule has 5 amide bonds. The van der Waals surface area contributed by atoms with Gasteiger partial charge in [-0.2, -0.15) is 0 Å². The SMILES string of the molecule is O=C1CCC(N2C(=O)c3cccc(NCCC[C@@H]4CN(C(=O)O)CCO4)c3C2=O)C(=O)N1. The zero-order chi connectivity index (χ0) is 22.8. The van der Waals surface area contributed by atoms with Gasteiger partial charge >= 0.3 is 6.09 Å². The minimum absolute atomic E-state index is 0.0669. The molecule has 170 valence electrons. The lowest BCUT2D eigenvalue weighted by atomic mass is 10.0. The molecule has 1 aromatic carbocycles. The van der Waals surface area contributed by atoms with Crippen LogP contribution in [0.25, 0.3) is 0 Å². The van der Waals surface area contributed by atoms with Crippen LogP contribution in [0.15, 0.2) is 18.2 Å². The van der Waals surface area contributed by atoms with Crippen LogP contribution >= 0.6 is 0 Å². The summed E-state index contributed by atoms with van der Waals surface area (Å²) >= 11 is 0. The van der Waals surface area contributed by atoms with E-state index in [0.29, 0.717) is 44.8 Å². The van der Waals surface area contributed by atoms with Gasteiger partial charge in [0.05, 0.1) is 30.4 Å². The van der Waals surface area contributed by atoms with E-state index in [1.54, 1.807) is 18.2 Å². The van der Waals surface area contributed by atoms with Crippen LogP contribution in [0.5, 0.6) is 0 Å². The maximum absolute atomic E-state index is 13.1. The van der Waals surface area contributed by atoms with Crippen molar-refractivity contribution in [1.29, 1.82) is 0 Å². The molecule has 11 heteroatoms. The first kappa shape index (κ1) is 21.8. The Balaban J connectivity index is 1.38. The molecule has 2 atom stereocenters. The molecular weight excluding hydrogens is 420 g/mol. The number of amides is 5. The monoisotopic (exact) mass is 444 g/mol. The maximum atomic E-state index is 13.1. The fourth-order valence-corrected chi connectivity index (χ4v) is 4.28. The zero-order valence-electron chi connectivity index (χ0n) is 17.3. The molecule has 0 bridgehead atoms. The molecule has 4 rings (SSSR count). The second-order valence-corrected chi connectivity index (χ2v) is 7.97. The lowest BCUT2D eigenvalue weighted by molar-refractivity contribution is -0.136. The molecule has 0 aromatic heterocycles. The molecule has 0 spiro atoms. The summed E-state index contributed by atoms with van der Waals surface area (Å²) in [5.74, 6) is -2.17. The Hall–Kier alpha value is -3.47. The number of ether oxygens (including phenoxy) is 1. The molecule has 2 fully saturated rings. The third-order valence-electron chi connectivity index (χ3n) is 5.90. The van der Waals surface area contributed by atoms with Crippen molar-refractivity contribution in [2.75, 3.05) is 31.6 Å². The summed E-state index contributed by atoms with van der Waals surface area (Å²) in [5, 5.41) is 14.5. The van der Waals surface area contributed by atoms with Crippen molar-refractivity contribution in [2.24, 2.45) is 0 Å². The molecule has 3 aliphatic rings. The number of fused-ring (bicyclic) bond motifs is 1. The average molecular weight is 444 g/mol. The highest BCUT2D eigenvalue weighted by Gasteiger charge is 2.45. The van der Waals surface area contributed by atoms with Crippen LogP contribution in [0.1, 0.15) is 46.4 Å². The number of piperidine rings is 1. The van der Waals surface area contributed by atoms with Crippen LogP contribution in [0, 0.1) is 0 Å². The number of imide groups is 2. The normalized spacial score (nSPS) is 23.2. The molecule has 11 nitrogen and oxygen atoms in total. The quantitative estimate of drug-likeness (QED) is 0.429. The third-order valence-corrected chi connectivity index (χ3v) is 5.90. The van der Waals surface area contributed by atoms with E-state index in [0.717, 1.165) is 4.90 Å². The Morgan fingerprint density at radius 3 is 2.78 bits per heavy atom. The van der Waals surface area contributed by atoms with Crippen molar-refractivity contribution >= 4 is 35.4 Å². The lowest BCUT2D eigenvalue weighted by Crippen LogP contribution is -2.54. The maximum Gasteiger partial charge on any atom is 0.407 e. The van der Waals surface area contributed by atoms with Crippen molar-refractivity contribution in [1.82, 2.24) is 15.1 Å². The van der Waals surface area contributed by atoms with Crippen molar-refractivity contribution in [3.8, 4) is 0 Å². The summed E-state index contributed by atoms with van der Waals surface area (Å²) in [6.07, 6.45) is 0.335. The average Bonchev–Trinajstić information content (AvgIpc) is 3.02. The van der Waals surface area contributed by atoms with E-state index in [-0.39, 0.29) is 30.1 Å². The Morgan fingerprint density at radius 1 is 1.22 bits per heavy atom. The topological polar surface area (TPSA) is 145 Å². The Labute approximate surface area is 183 Å². The minimum atomic E-state index is -1.01. The van der Waals surface area contributed by atoms with Gasteiger partial charge in [-0.15, -0.1) is 0 Å². The van der Waals surface area contributed by atoms with Crippen LogP contribution in [0.4, 0.5) is 10.5 Å². The first-order valence-electron chi connectivity index (χ1n) is 10.5. The fourth-order valence-electron chi connectivity index (χ4n) is 4.28. The predicted octanol–water partition coefficient (Wildman–Crippen LogP) is 0.659. The second kappa shape index (κ2) is 8.95. The molecular formula is C21H24N4O7. The highest BCUT2D eigenvalue weighted by molar-refractivity contribution is 6.25. The van der Waals surface area contributed by atoms with Crippen LogP contribution in [-0.4, -0.2) is 83.0 Å².